The van der Waals surface area contributed by atoms with E-state index in [9.17, 15) is 5.21 Å². The van der Waals surface area contributed by atoms with Crippen LogP contribution in [0.15, 0.2) is 5.16 Å². The summed E-state index contributed by atoms with van der Waals surface area (Å²) in [4.78, 5) is 0. The zero-order valence-electron chi connectivity index (χ0n) is 13.8. The molecule has 0 aromatic carbocycles. The van der Waals surface area contributed by atoms with Crippen LogP contribution in [-0.4, -0.2) is 10.9 Å². The molecular formula is C19H31NO. The van der Waals surface area contributed by atoms with Crippen molar-refractivity contribution in [1.29, 1.82) is 0 Å². The van der Waals surface area contributed by atoms with Crippen molar-refractivity contribution in [1.82, 2.24) is 0 Å². The average molecular weight is 289 g/mol. The number of fused-ring (bicyclic) bond motifs is 5. The van der Waals surface area contributed by atoms with Crippen molar-refractivity contribution in [2.24, 2.45) is 39.7 Å². The van der Waals surface area contributed by atoms with Crippen LogP contribution in [0.2, 0.25) is 0 Å². The first-order valence-corrected chi connectivity index (χ1v) is 9.27. The van der Waals surface area contributed by atoms with E-state index in [-0.39, 0.29) is 0 Å². The van der Waals surface area contributed by atoms with Crippen molar-refractivity contribution in [3.8, 4) is 0 Å². The molecule has 1 N–H and O–H groups in total. The molecule has 6 atom stereocenters. The van der Waals surface area contributed by atoms with E-state index in [1.165, 1.54) is 51.4 Å². The lowest BCUT2D eigenvalue weighted by Crippen LogP contribution is -2.53. The molecule has 4 saturated carbocycles. The van der Waals surface area contributed by atoms with Crippen LogP contribution < -0.4 is 0 Å². The highest BCUT2D eigenvalue weighted by Crippen LogP contribution is 2.65. The van der Waals surface area contributed by atoms with Crippen LogP contribution in [0.4, 0.5) is 0 Å². The highest BCUT2D eigenvalue weighted by Gasteiger charge is 2.57. The van der Waals surface area contributed by atoms with Gasteiger partial charge in [0.1, 0.15) is 0 Å². The lowest BCUT2D eigenvalue weighted by Gasteiger charge is -2.59. The summed E-state index contributed by atoms with van der Waals surface area (Å²) in [5.41, 5.74) is 2.16. The van der Waals surface area contributed by atoms with Crippen LogP contribution in [0.3, 0.4) is 0 Å². The van der Waals surface area contributed by atoms with E-state index in [4.69, 9.17) is 0 Å². The van der Waals surface area contributed by atoms with Gasteiger partial charge in [0.05, 0.1) is 5.71 Å². The standard InChI is InChI=1S/C19H31NO/c1-18-10-3-4-16(18)15-8-6-13-5-7-14(20-21)12-19(13,2)17(15)9-11-18/h13,15-17,21H,3-12H2,1-2H3/b20-14+/t13?,15-,16-,17-,18-,19-/m0/s1. The first-order chi connectivity index (χ1) is 10.1. The maximum Gasteiger partial charge on any atom is 0.0576 e. The van der Waals surface area contributed by atoms with Crippen LogP contribution in [0.1, 0.15) is 78.1 Å². The summed E-state index contributed by atoms with van der Waals surface area (Å²) < 4.78 is 0. The molecule has 0 heterocycles. The van der Waals surface area contributed by atoms with Gasteiger partial charge in [-0.25, -0.2) is 0 Å². The lowest BCUT2D eigenvalue weighted by atomic mass is 9.45. The Kier molecular flexibility index (Phi) is 3.17. The third-order valence-electron chi connectivity index (χ3n) is 8.35. The van der Waals surface area contributed by atoms with E-state index in [1.807, 2.05) is 0 Å². The van der Waals surface area contributed by atoms with Gasteiger partial charge >= 0.3 is 0 Å². The number of nitrogens with zero attached hydrogens (tertiary/aromatic N) is 1. The minimum atomic E-state index is 0.423. The van der Waals surface area contributed by atoms with E-state index in [0.29, 0.717) is 10.8 Å². The SMILES string of the molecule is C[C@@]12CCC[C@H]1[C@@H]1CCC3CC/C(=N\O)C[C@]3(C)[C@H]1CC2. The fourth-order valence-electron chi connectivity index (χ4n) is 7.23. The number of hydrogen-bond acceptors (Lipinski definition) is 2. The highest BCUT2D eigenvalue weighted by molar-refractivity contribution is 5.85. The minimum absolute atomic E-state index is 0.423. The maximum atomic E-state index is 9.27. The molecule has 0 aromatic rings. The number of hydrogen-bond donors (Lipinski definition) is 1. The molecule has 0 spiro atoms. The van der Waals surface area contributed by atoms with Crippen LogP contribution in [-0.2, 0) is 0 Å². The zero-order valence-corrected chi connectivity index (χ0v) is 13.8. The molecule has 4 rings (SSSR count). The van der Waals surface area contributed by atoms with Gasteiger partial charge in [0.15, 0.2) is 0 Å². The van der Waals surface area contributed by atoms with Crippen molar-refractivity contribution in [3.63, 3.8) is 0 Å². The van der Waals surface area contributed by atoms with E-state index in [2.05, 4.69) is 19.0 Å². The molecule has 118 valence electrons. The van der Waals surface area contributed by atoms with Gasteiger partial charge in [-0.2, -0.15) is 0 Å². The second-order valence-electron chi connectivity index (χ2n) is 9.12. The van der Waals surface area contributed by atoms with Gasteiger partial charge in [-0.15, -0.1) is 0 Å². The first-order valence-electron chi connectivity index (χ1n) is 9.27. The smallest absolute Gasteiger partial charge is 0.0576 e. The van der Waals surface area contributed by atoms with Gasteiger partial charge in [0, 0.05) is 0 Å². The van der Waals surface area contributed by atoms with Crippen molar-refractivity contribution < 1.29 is 5.21 Å². The highest BCUT2D eigenvalue weighted by atomic mass is 16.4. The molecule has 21 heavy (non-hydrogen) atoms. The molecule has 4 aliphatic carbocycles. The fourth-order valence-corrected chi connectivity index (χ4v) is 7.23. The molecule has 0 bridgehead atoms. The quantitative estimate of drug-likeness (QED) is 0.479. The molecule has 0 aliphatic heterocycles. The average Bonchev–Trinajstić information content (AvgIpc) is 2.87. The Morgan fingerprint density at radius 1 is 1.00 bits per heavy atom. The van der Waals surface area contributed by atoms with Crippen LogP contribution >= 0.6 is 0 Å². The van der Waals surface area contributed by atoms with E-state index < -0.39 is 0 Å². The normalized spacial score (nSPS) is 54.9. The minimum Gasteiger partial charge on any atom is -0.411 e. The number of rotatable bonds is 0. The second-order valence-corrected chi connectivity index (χ2v) is 9.12. The Hall–Kier alpha value is -0.530. The summed E-state index contributed by atoms with van der Waals surface area (Å²) in [5.74, 6) is 3.73. The Bertz CT molecular complexity index is 458. The Morgan fingerprint density at radius 3 is 2.67 bits per heavy atom. The molecule has 0 amide bonds. The summed E-state index contributed by atoms with van der Waals surface area (Å²) in [6.07, 6.45) is 13.6. The van der Waals surface area contributed by atoms with Gasteiger partial charge in [0.2, 0.25) is 0 Å². The molecule has 0 saturated heterocycles. The summed E-state index contributed by atoms with van der Waals surface area (Å²) in [7, 11) is 0. The van der Waals surface area contributed by atoms with E-state index >= 15 is 0 Å². The summed E-state index contributed by atoms with van der Waals surface area (Å²) >= 11 is 0. The van der Waals surface area contributed by atoms with E-state index in [0.717, 1.165) is 42.2 Å². The Balaban J connectivity index is 1.65. The summed E-state index contributed by atoms with van der Waals surface area (Å²) in [6.45, 7) is 5.12. The number of oxime groups is 1. The Labute approximate surface area is 129 Å². The van der Waals surface area contributed by atoms with Crippen molar-refractivity contribution in [2.75, 3.05) is 0 Å². The molecular weight excluding hydrogens is 258 g/mol. The van der Waals surface area contributed by atoms with Gasteiger partial charge in [-0.05, 0) is 92.3 Å². The topological polar surface area (TPSA) is 32.6 Å². The predicted octanol–water partition coefficient (Wildman–Crippen LogP) is 5.25. The van der Waals surface area contributed by atoms with Gasteiger partial charge < -0.3 is 5.21 Å². The van der Waals surface area contributed by atoms with E-state index in [1.54, 1.807) is 0 Å². The molecule has 0 aromatic heterocycles. The largest absolute Gasteiger partial charge is 0.411 e. The third-order valence-corrected chi connectivity index (χ3v) is 8.35. The Morgan fingerprint density at radius 2 is 1.86 bits per heavy atom. The van der Waals surface area contributed by atoms with Crippen LogP contribution in [0, 0.1) is 34.5 Å². The summed E-state index contributed by atoms with van der Waals surface area (Å²) in [5, 5.41) is 12.9. The van der Waals surface area contributed by atoms with Crippen molar-refractivity contribution in [3.05, 3.63) is 0 Å². The fraction of sp³-hybridized carbons (Fsp3) is 0.947. The molecule has 2 nitrogen and oxygen atoms in total. The molecule has 0 radical (unpaired) electrons. The van der Waals surface area contributed by atoms with Crippen molar-refractivity contribution >= 4 is 5.71 Å². The molecule has 4 aliphatic rings. The second kappa shape index (κ2) is 4.73. The van der Waals surface area contributed by atoms with Gasteiger partial charge in [-0.3, -0.25) is 0 Å². The summed E-state index contributed by atoms with van der Waals surface area (Å²) in [6, 6.07) is 0. The molecule has 4 fully saturated rings. The zero-order chi connectivity index (χ0) is 14.7. The van der Waals surface area contributed by atoms with Gasteiger partial charge in [-0.1, -0.05) is 25.4 Å². The monoisotopic (exact) mass is 289 g/mol. The molecule has 1 unspecified atom stereocenters. The first kappa shape index (κ1) is 14.1. The van der Waals surface area contributed by atoms with Crippen LogP contribution in [0.25, 0.3) is 0 Å². The predicted molar refractivity (Wildman–Crippen MR) is 85.6 cm³/mol. The third kappa shape index (κ3) is 1.93. The van der Waals surface area contributed by atoms with Gasteiger partial charge in [0.25, 0.3) is 0 Å². The van der Waals surface area contributed by atoms with Crippen LogP contribution in [0.5, 0.6) is 0 Å². The molecule has 2 heteroatoms. The maximum absolute atomic E-state index is 9.27. The lowest BCUT2D eigenvalue weighted by molar-refractivity contribution is -0.0891. The van der Waals surface area contributed by atoms with Crippen molar-refractivity contribution in [2.45, 2.75) is 78.1 Å².